The molecule has 0 saturated carbocycles. The van der Waals surface area contributed by atoms with Gasteiger partial charge in [-0.25, -0.2) is 4.79 Å². The zero-order valence-electron chi connectivity index (χ0n) is 10.9. The lowest BCUT2D eigenvalue weighted by atomic mass is 9.97. The highest BCUT2D eigenvalue weighted by molar-refractivity contribution is 5.81. The first-order valence-electron chi connectivity index (χ1n) is 6.68. The van der Waals surface area contributed by atoms with Crippen molar-refractivity contribution < 1.29 is 23.8 Å². The summed E-state index contributed by atoms with van der Waals surface area (Å²) >= 11 is 0. The highest BCUT2D eigenvalue weighted by Gasteiger charge is 2.41. The monoisotopic (exact) mass is 256 g/mol. The van der Waals surface area contributed by atoms with E-state index in [0.29, 0.717) is 19.4 Å². The molecule has 2 saturated heterocycles. The Morgan fingerprint density at radius 3 is 2.72 bits per heavy atom. The van der Waals surface area contributed by atoms with Crippen LogP contribution in [0.15, 0.2) is 0 Å². The van der Waals surface area contributed by atoms with Crippen molar-refractivity contribution in [1.82, 2.24) is 0 Å². The van der Waals surface area contributed by atoms with Gasteiger partial charge in [0.25, 0.3) is 0 Å². The predicted octanol–water partition coefficient (Wildman–Crippen LogP) is 1.44. The average Bonchev–Trinajstić information content (AvgIpc) is 2.96. The van der Waals surface area contributed by atoms with E-state index < -0.39 is 12.1 Å². The molecule has 0 N–H and O–H groups in total. The Morgan fingerprint density at radius 1 is 1.39 bits per heavy atom. The minimum Gasteiger partial charge on any atom is -0.463 e. The van der Waals surface area contributed by atoms with Gasteiger partial charge in [-0.1, -0.05) is 13.8 Å². The van der Waals surface area contributed by atoms with Crippen molar-refractivity contribution >= 4 is 11.9 Å². The summed E-state index contributed by atoms with van der Waals surface area (Å²) in [5, 5.41) is 0. The number of ether oxygens (including phenoxy) is 3. The molecule has 5 heteroatoms. The minimum atomic E-state index is -0.712. The second kappa shape index (κ2) is 5.69. The highest BCUT2D eigenvalue weighted by atomic mass is 16.6. The summed E-state index contributed by atoms with van der Waals surface area (Å²) in [6.07, 6.45) is 2.16. The molecule has 2 fully saturated rings. The third-order valence-corrected chi connectivity index (χ3v) is 3.64. The fourth-order valence-electron chi connectivity index (χ4n) is 2.54. The Labute approximate surface area is 107 Å². The molecule has 0 aromatic carbocycles. The van der Waals surface area contributed by atoms with Crippen LogP contribution < -0.4 is 0 Å². The van der Waals surface area contributed by atoms with Gasteiger partial charge >= 0.3 is 11.9 Å². The van der Waals surface area contributed by atoms with Gasteiger partial charge in [-0.15, -0.1) is 0 Å². The average molecular weight is 256 g/mol. The predicted molar refractivity (Wildman–Crippen MR) is 62.8 cm³/mol. The van der Waals surface area contributed by atoms with Crippen LogP contribution in [0.3, 0.4) is 0 Å². The molecule has 5 nitrogen and oxygen atoms in total. The van der Waals surface area contributed by atoms with E-state index in [4.69, 9.17) is 14.2 Å². The molecule has 0 aromatic rings. The molecule has 18 heavy (non-hydrogen) atoms. The quantitative estimate of drug-likeness (QED) is 0.712. The maximum absolute atomic E-state index is 12.1. The van der Waals surface area contributed by atoms with E-state index in [9.17, 15) is 9.59 Å². The van der Waals surface area contributed by atoms with Crippen molar-refractivity contribution in [3.05, 3.63) is 0 Å². The van der Waals surface area contributed by atoms with Gasteiger partial charge in [-0.2, -0.15) is 0 Å². The van der Waals surface area contributed by atoms with E-state index in [1.54, 1.807) is 0 Å². The van der Waals surface area contributed by atoms with Crippen molar-refractivity contribution in [3.8, 4) is 0 Å². The van der Waals surface area contributed by atoms with Crippen LogP contribution in [0.25, 0.3) is 0 Å². The summed E-state index contributed by atoms with van der Waals surface area (Å²) in [7, 11) is 0. The van der Waals surface area contributed by atoms with Gasteiger partial charge in [0, 0.05) is 6.42 Å². The van der Waals surface area contributed by atoms with Gasteiger partial charge in [0.1, 0.15) is 0 Å². The molecule has 0 radical (unpaired) electrons. The Morgan fingerprint density at radius 2 is 2.17 bits per heavy atom. The first-order chi connectivity index (χ1) is 8.65. The Kier molecular flexibility index (Phi) is 4.22. The molecule has 0 aliphatic carbocycles. The smallest absolute Gasteiger partial charge is 0.347 e. The first-order valence-corrected chi connectivity index (χ1v) is 6.68. The Bertz CT molecular complexity index is 327. The van der Waals surface area contributed by atoms with Crippen molar-refractivity contribution in [2.45, 2.75) is 57.8 Å². The molecule has 0 bridgehead atoms. The van der Waals surface area contributed by atoms with E-state index in [1.807, 2.05) is 13.8 Å². The number of hydrogen-bond donors (Lipinski definition) is 0. The lowest BCUT2D eigenvalue weighted by molar-refractivity contribution is -0.164. The maximum atomic E-state index is 12.1. The summed E-state index contributed by atoms with van der Waals surface area (Å²) in [6.45, 7) is 4.37. The van der Waals surface area contributed by atoms with Gasteiger partial charge in [0.15, 0.2) is 0 Å². The topological polar surface area (TPSA) is 61.8 Å². The molecule has 2 rings (SSSR count). The molecule has 0 amide bonds. The van der Waals surface area contributed by atoms with Crippen molar-refractivity contribution in [3.63, 3.8) is 0 Å². The van der Waals surface area contributed by atoms with Crippen molar-refractivity contribution in [2.24, 2.45) is 5.92 Å². The van der Waals surface area contributed by atoms with E-state index in [0.717, 1.165) is 12.8 Å². The summed E-state index contributed by atoms with van der Waals surface area (Å²) in [6, 6.07) is 0. The van der Waals surface area contributed by atoms with Crippen LogP contribution in [-0.2, 0) is 23.8 Å². The molecule has 2 aliphatic rings. The maximum Gasteiger partial charge on any atom is 0.347 e. The van der Waals surface area contributed by atoms with Gasteiger partial charge in [0.2, 0.25) is 6.10 Å². The number of carbonyl (C=O) groups excluding carboxylic acids is 2. The third-order valence-electron chi connectivity index (χ3n) is 3.64. The molecule has 0 aromatic heterocycles. The van der Waals surface area contributed by atoms with Crippen LogP contribution in [0.5, 0.6) is 0 Å². The number of esters is 2. The lowest BCUT2D eigenvalue weighted by Crippen LogP contribution is -2.31. The first kappa shape index (κ1) is 13.3. The summed E-state index contributed by atoms with van der Waals surface area (Å²) in [5.74, 6) is -0.989. The van der Waals surface area contributed by atoms with Crippen LogP contribution in [0.4, 0.5) is 0 Å². The van der Waals surface area contributed by atoms with Crippen LogP contribution in [0.1, 0.15) is 39.5 Å². The largest absolute Gasteiger partial charge is 0.463 e. The lowest BCUT2D eigenvalue weighted by Gasteiger charge is -2.17. The second-order valence-corrected chi connectivity index (χ2v) is 4.84. The molecule has 4 unspecified atom stereocenters. The van der Waals surface area contributed by atoms with E-state index >= 15 is 0 Å². The summed E-state index contributed by atoms with van der Waals surface area (Å²) < 4.78 is 15.8. The minimum absolute atomic E-state index is 0.0835. The standard InChI is InChI=1S/C13H20O5/c1-3-8-7-9(10(4-2)17-8)12(14)18-11-5-6-16-13(11)15/h8-11H,3-7H2,1-2H3. The van der Waals surface area contributed by atoms with E-state index in [2.05, 4.69) is 0 Å². The van der Waals surface area contributed by atoms with Gasteiger partial charge in [0.05, 0.1) is 24.7 Å². The molecule has 102 valence electrons. The van der Waals surface area contributed by atoms with E-state index in [-0.39, 0.29) is 24.1 Å². The number of carbonyl (C=O) groups is 2. The van der Waals surface area contributed by atoms with Crippen LogP contribution in [0, 0.1) is 5.92 Å². The molecule has 2 aliphatic heterocycles. The second-order valence-electron chi connectivity index (χ2n) is 4.84. The van der Waals surface area contributed by atoms with Crippen LogP contribution in [0.2, 0.25) is 0 Å². The molecular weight excluding hydrogens is 236 g/mol. The van der Waals surface area contributed by atoms with Crippen molar-refractivity contribution in [2.75, 3.05) is 6.61 Å². The number of hydrogen-bond acceptors (Lipinski definition) is 5. The summed E-state index contributed by atoms with van der Waals surface area (Å²) in [5.41, 5.74) is 0. The van der Waals surface area contributed by atoms with Gasteiger partial charge < -0.3 is 14.2 Å². The SMILES string of the molecule is CCC1CC(C(=O)OC2CCOC2=O)C(CC)O1. The van der Waals surface area contributed by atoms with Gasteiger partial charge in [-0.05, 0) is 19.3 Å². The summed E-state index contributed by atoms with van der Waals surface area (Å²) in [4.78, 5) is 23.3. The molecule has 4 atom stereocenters. The van der Waals surface area contributed by atoms with Crippen LogP contribution >= 0.6 is 0 Å². The van der Waals surface area contributed by atoms with Crippen molar-refractivity contribution in [1.29, 1.82) is 0 Å². The highest BCUT2D eigenvalue weighted by Crippen LogP contribution is 2.31. The fourth-order valence-corrected chi connectivity index (χ4v) is 2.54. The number of rotatable bonds is 4. The Hall–Kier alpha value is -1.10. The molecule has 0 spiro atoms. The van der Waals surface area contributed by atoms with E-state index in [1.165, 1.54) is 0 Å². The van der Waals surface area contributed by atoms with Crippen LogP contribution in [-0.4, -0.2) is 36.9 Å². The van der Waals surface area contributed by atoms with Gasteiger partial charge in [-0.3, -0.25) is 4.79 Å². The number of cyclic esters (lactones) is 1. The zero-order valence-corrected chi connectivity index (χ0v) is 10.9. The molecular formula is C13H20O5. The normalized spacial score (nSPS) is 35.6. The third kappa shape index (κ3) is 2.66. The Balaban J connectivity index is 1.93. The zero-order chi connectivity index (χ0) is 13.1. The fraction of sp³-hybridized carbons (Fsp3) is 0.846. The molecule has 2 heterocycles.